The fraction of sp³-hybridized carbons (Fsp3) is 0.421. The molecule has 1 saturated heterocycles. The van der Waals surface area contributed by atoms with Gasteiger partial charge in [-0.25, -0.2) is 4.98 Å². The van der Waals surface area contributed by atoms with Gasteiger partial charge in [0.15, 0.2) is 0 Å². The number of pyridine rings is 1. The number of aromatic nitrogens is 5. The van der Waals surface area contributed by atoms with Crippen LogP contribution in [-0.2, 0) is 7.05 Å². The van der Waals surface area contributed by atoms with Gasteiger partial charge in [-0.05, 0) is 37.3 Å². The van der Waals surface area contributed by atoms with Crippen LogP contribution in [0.5, 0.6) is 0 Å². The normalized spacial score (nSPS) is 23.2. The van der Waals surface area contributed by atoms with Crippen LogP contribution in [0.15, 0.2) is 30.7 Å². The predicted octanol–water partition coefficient (Wildman–Crippen LogP) is 1.64. The second kappa shape index (κ2) is 8.09. The van der Waals surface area contributed by atoms with Crippen LogP contribution in [0.1, 0.15) is 29.6 Å². The van der Waals surface area contributed by atoms with Crippen LogP contribution in [0.4, 0.5) is 10.9 Å². The van der Waals surface area contributed by atoms with E-state index in [4.69, 9.17) is 0 Å². The van der Waals surface area contributed by atoms with E-state index in [0.717, 1.165) is 41.5 Å². The van der Waals surface area contributed by atoms with Crippen molar-refractivity contribution in [3.05, 3.63) is 36.3 Å². The van der Waals surface area contributed by atoms with Gasteiger partial charge in [-0.15, -0.1) is 10.2 Å². The summed E-state index contributed by atoms with van der Waals surface area (Å²) < 4.78 is 1.58. The number of aryl methyl sites for hydroxylation is 1. The zero-order valence-corrected chi connectivity index (χ0v) is 17.3. The summed E-state index contributed by atoms with van der Waals surface area (Å²) >= 11 is 1.51. The highest BCUT2D eigenvalue weighted by Gasteiger charge is 2.34. The van der Waals surface area contributed by atoms with Crippen molar-refractivity contribution < 1.29 is 4.79 Å². The van der Waals surface area contributed by atoms with E-state index < -0.39 is 0 Å². The summed E-state index contributed by atoms with van der Waals surface area (Å²) in [7, 11) is 1.77. The van der Waals surface area contributed by atoms with E-state index in [9.17, 15) is 4.79 Å². The average molecular weight is 426 g/mol. The number of rotatable bonds is 5. The summed E-state index contributed by atoms with van der Waals surface area (Å²) in [5.41, 5.74) is 7.96. The molecule has 10 nitrogen and oxygen atoms in total. The van der Waals surface area contributed by atoms with Crippen molar-refractivity contribution in [2.24, 2.45) is 13.0 Å². The maximum Gasteiger partial charge on any atom is 0.260 e. The van der Waals surface area contributed by atoms with E-state index in [1.807, 2.05) is 6.07 Å². The van der Waals surface area contributed by atoms with Crippen molar-refractivity contribution in [3.8, 4) is 10.6 Å². The Bertz CT molecular complexity index is 1050. The zero-order valence-electron chi connectivity index (χ0n) is 16.5. The number of carbonyl (C=O) groups is 1. The highest BCUT2D eigenvalue weighted by molar-refractivity contribution is 7.18. The summed E-state index contributed by atoms with van der Waals surface area (Å²) in [6.45, 7) is 1.02. The number of hydrogen-bond acceptors (Lipinski definition) is 9. The van der Waals surface area contributed by atoms with Crippen LogP contribution in [0.2, 0.25) is 0 Å². The Kier molecular flexibility index (Phi) is 5.15. The third-order valence-corrected chi connectivity index (χ3v) is 6.51. The number of anilines is 2. The van der Waals surface area contributed by atoms with Gasteiger partial charge in [-0.1, -0.05) is 11.3 Å². The first-order valence-electron chi connectivity index (χ1n) is 9.99. The van der Waals surface area contributed by atoms with Crippen molar-refractivity contribution >= 4 is 28.2 Å². The Hall–Kier alpha value is -2.89. The molecule has 11 heteroatoms. The lowest BCUT2D eigenvalue weighted by Gasteiger charge is -2.30. The van der Waals surface area contributed by atoms with Gasteiger partial charge in [0.05, 0.1) is 11.8 Å². The third kappa shape index (κ3) is 4.04. The monoisotopic (exact) mass is 425 g/mol. The quantitative estimate of drug-likeness (QED) is 0.487. The molecule has 2 aliphatic rings. The molecule has 3 aromatic heterocycles. The number of amides is 1. The lowest BCUT2D eigenvalue weighted by atomic mass is 9.83. The molecule has 156 valence electrons. The molecular weight excluding hydrogens is 402 g/mol. The van der Waals surface area contributed by atoms with Gasteiger partial charge in [0, 0.05) is 43.6 Å². The molecule has 3 aromatic rings. The van der Waals surface area contributed by atoms with Crippen molar-refractivity contribution in [2.45, 2.75) is 31.3 Å². The second-order valence-corrected chi connectivity index (χ2v) is 8.72. The molecule has 4 heterocycles. The highest BCUT2D eigenvalue weighted by atomic mass is 32.1. The van der Waals surface area contributed by atoms with Crippen LogP contribution in [0.25, 0.3) is 10.6 Å². The summed E-state index contributed by atoms with van der Waals surface area (Å²) in [4.78, 5) is 16.6. The first kappa shape index (κ1) is 19.1. The minimum absolute atomic E-state index is 0.251. The fourth-order valence-corrected chi connectivity index (χ4v) is 4.88. The Morgan fingerprint density at radius 2 is 2.27 bits per heavy atom. The fourth-order valence-electron chi connectivity index (χ4n) is 4.06. The van der Waals surface area contributed by atoms with Gasteiger partial charge in [0.1, 0.15) is 10.8 Å². The maximum atomic E-state index is 12.3. The molecule has 1 aliphatic heterocycles. The van der Waals surface area contributed by atoms with Crippen LogP contribution in [0.3, 0.4) is 0 Å². The summed E-state index contributed by atoms with van der Waals surface area (Å²) in [6, 6.07) is 4.68. The van der Waals surface area contributed by atoms with Crippen molar-refractivity contribution in [3.63, 3.8) is 0 Å². The van der Waals surface area contributed by atoms with E-state index in [-0.39, 0.29) is 5.91 Å². The highest BCUT2D eigenvalue weighted by Crippen LogP contribution is 2.32. The van der Waals surface area contributed by atoms with E-state index >= 15 is 0 Å². The molecule has 0 bridgehead atoms. The van der Waals surface area contributed by atoms with Gasteiger partial charge in [-0.2, -0.15) is 5.10 Å². The second-order valence-electron chi connectivity index (χ2n) is 7.75. The largest absolute Gasteiger partial charge is 0.357 e. The maximum absolute atomic E-state index is 12.3. The van der Waals surface area contributed by atoms with E-state index in [1.54, 1.807) is 30.2 Å². The van der Waals surface area contributed by atoms with E-state index in [2.05, 4.69) is 41.8 Å². The van der Waals surface area contributed by atoms with Gasteiger partial charge in [0.2, 0.25) is 5.13 Å². The molecule has 1 saturated carbocycles. The molecule has 3 unspecified atom stereocenters. The Labute approximate surface area is 177 Å². The molecule has 1 amide bonds. The molecule has 0 spiro atoms. The first-order chi connectivity index (χ1) is 14.6. The average Bonchev–Trinajstić information content (AvgIpc) is 3.49. The number of nitrogens with zero attached hydrogens (tertiary/aromatic N) is 5. The predicted molar refractivity (Wildman–Crippen MR) is 114 cm³/mol. The van der Waals surface area contributed by atoms with E-state index in [1.165, 1.54) is 17.5 Å². The molecule has 0 aromatic carbocycles. The summed E-state index contributed by atoms with van der Waals surface area (Å²) in [5, 5.41) is 20.6. The molecular formula is C19H23N9OS. The van der Waals surface area contributed by atoms with Crippen LogP contribution in [-0.4, -0.2) is 49.5 Å². The van der Waals surface area contributed by atoms with Crippen LogP contribution < -0.4 is 21.5 Å². The SMILES string of the molecule is Cn1cc(C(=O)Nc2cc(-c3nnc(NC4CCC5NNCC5C4)s3)ccn2)cn1. The van der Waals surface area contributed by atoms with Gasteiger partial charge < -0.3 is 10.6 Å². The molecule has 30 heavy (non-hydrogen) atoms. The van der Waals surface area contributed by atoms with Gasteiger partial charge >= 0.3 is 0 Å². The molecule has 0 radical (unpaired) electrons. The van der Waals surface area contributed by atoms with Crippen LogP contribution in [0, 0.1) is 5.92 Å². The van der Waals surface area contributed by atoms with Crippen LogP contribution >= 0.6 is 11.3 Å². The Balaban J connectivity index is 1.24. The number of nitrogens with one attached hydrogen (secondary N) is 4. The zero-order chi connectivity index (χ0) is 20.5. The lowest BCUT2D eigenvalue weighted by molar-refractivity contribution is 0.102. The Morgan fingerprint density at radius 1 is 1.33 bits per heavy atom. The minimum atomic E-state index is -0.251. The molecule has 1 aliphatic carbocycles. The smallest absolute Gasteiger partial charge is 0.260 e. The minimum Gasteiger partial charge on any atom is -0.357 e. The Morgan fingerprint density at radius 3 is 3.13 bits per heavy atom. The summed E-state index contributed by atoms with van der Waals surface area (Å²) in [5.74, 6) is 0.874. The van der Waals surface area contributed by atoms with Crippen molar-refractivity contribution in [1.29, 1.82) is 0 Å². The first-order valence-corrected chi connectivity index (χ1v) is 10.8. The number of hydrogen-bond donors (Lipinski definition) is 4. The number of hydrazine groups is 1. The molecule has 5 rings (SSSR count). The third-order valence-electron chi connectivity index (χ3n) is 5.60. The summed E-state index contributed by atoms with van der Waals surface area (Å²) in [6.07, 6.45) is 8.24. The standard InChI is InChI=1S/C19H23N9OS/c1-28-10-13(9-22-28)17(29)24-16-7-11(4-5-20-16)18-26-27-19(30-18)23-14-2-3-15-12(6-14)8-21-25-15/h4-5,7,9-10,12,14-15,21,25H,2-3,6,8H2,1H3,(H,23,27)(H,20,24,29). The number of fused-ring (bicyclic) bond motifs is 1. The van der Waals surface area contributed by atoms with E-state index in [0.29, 0.717) is 29.4 Å². The van der Waals surface area contributed by atoms with Gasteiger partial charge in [-0.3, -0.25) is 20.3 Å². The molecule has 2 fully saturated rings. The topological polar surface area (TPSA) is 122 Å². The molecule has 3 atom stereocenters. The van der Waals surface area contributed by atoms with Crippen molar-refractivity contribution in [1.82, 2.24) is 35.8 Å². The number of carbonyl (C=O) groups excluding carboxylic acids is 1. The molecule has 4 N–H and O–H groups in total. The van der Waals surface area contributed by atoms with Gasteiger partial charge in [0.25, 0.3) is 5.91 Å². The lowest BCUT2D eigenvalue weighted by Crippen LogP contribution is -2.39. The van der Waals surface area contributed by atoms with Crippen molar-refractivity contribution in [2.75, 3.05) is 17.2 Å².